The van der Waals surface area contributed by atoms with Crippen molar-refractivity contribution in [2.75, 3.05) is 56.2 Å². The van der Waals surface area contributed by atoms with E-state index in [0.29, 0.717) is 23.7 Å². The molecule has 8 nitrogen and oxygen atoms in total. The molecule has 2 aliphatic rings. The van der Waals surface area contributed by atoms with Gasteiger partial charge in [-0.3, -0.25) is 9.59 Å². The van der Waals surface area contributed by atoms with E-state index in [-0.39, 0.29) is 25.0 Å². The summed E-state index contributed by atoms with van der Waals surface area (Å²) in [5, 5.41) is 2.86. The zero-order chi connectivity index (χ0) is 21.6. The van der Waals surface area contributed by atoms with E-state index in [2.05, 4.69) is 10.2 Å². The fourth-order valence-corrected chi connectivity index (χ4v) is 3.64. The van der Waals surface area contributed by atoms with Crippen LogP contribution in [0.4, 0.5) is 11.4 Å². The number of anilines is 2. The molecule has 2 aliphatic heterocycles. The lowest BCUT2D eigenvalue weighted by Crippen LogP contribution is -2.48. The Balaban J connectivity index is 1.32. The molecule has 2 aromatic rings. The van der Waals surface area contributed by atoms with E-state index in [1.54, 1.807) is 12.1 Å². The highest BCUT2D eigenvalue weighted by atomic mass is 16.6. The third-order valence-corrected chi connectivity index (χ3v) is 5.34. The average Bonchev–Trinajstić information content (AvgIpc) is 2.83. The number of nitrogens with one attached hydrogen (secondary N) is 1. The molecule has 0 bridgehead atoms. The molecule has 0 radical (unpaired) electrons. The minimum atomic E-state index is -0.768. The number of nitrogens with zero attached hydrogens (tertiary/aromatic N) is 2. The van der Waals surface area contributed by atoms with Gasteiger partial charge in [-0.05, 0) is 43.3 Å². The second-order valence-electron chi connectivity index (χ2n) is 7.41. The summed E-state index contributed by atoms with van der Waals surface area (Å²) in [6.07, 6.45) is -0.768. The van der Waals surface area contributed by atoms with E-state index in [1.807, 2.05) is 43.3 Å². The van der Waals surface area contributed by atoms with Crippen LogP contribution in [0.15, 0.2) is 48.5 Å². The standard InChI is InChI=1S/C23H27N3O5/c1-2-25(23(28)21-16-30-19-5-3-4-6-20(19)31-21)15-22(27)24-17-7-9-18(10-8-17)26-11-13-29-14-12-26/h3-10,21H,2,11-16H2,1H3,(H,24,27)/t21-/m1/s1. The van der Waals surface area contributed by atoms with Crippen LogP contribution in [0.1, 0.15) is 6.92 Å². The summed E-state index contributed by atoms with van der Waals surface area (Å²) in [5.41, 5.74) is 1.79. The zero-order valence-electron chi connectivity index (χ0n) is 17.6. The molecule has 1 saturated heterocycles. The molecule has 0 saturated carbocycles. The van der Waals surface area contributed by atoms with Gasteiger partial charge in [0.1, 0.15) is 6.61 Å². The van der Waals surface area contributed by atoms with Crippen LogP contribution in [0.5, 0.6) is 11.5 Å². The molecule has 31 heavy (non-hydrogen) atoms. The largest absolute Gasteiger partial charge is 0.485 e. The number of carbonyl (C=O) groups is 2. The topological polar surface area (TPSA) is 80.3 Å². The van der Waals surface area contributed by atoms with Crippen LogP contribution in [-0.2, 0) is 14.3 Å². The first-order chi connectivity index (χ1) is 15.1. The summed E-state index contributed by atoms with van der Waals surface area (Å²) in [7, 11) is 0. The van der Waals surface area contributed by atoms with Crippen molar-refractivity contribution in [2.24, 2.45) is 0 Å². The lowest BCUT2D eigenvalue weighted by Gasteiger charge is -2.30. The lowest BCUT2D eigenvalue weighted by molar-refractivity contribution is -0.143. The SMILES string of the molecule is CCN(CC(=O)Nc1ccc(N2CCOCC2)cc1)C(=O)[C@H]1COc2ccccc2O1. The van der Waals surface area contributed by atoms with Crippen LogP contribution >= 0.6 is 0 Å². The minimum Gasteiger partial charge on any atom is -0.485 e. The van der Waals surface area contributed by atoms with Gasteiger partial charge in [0.2, 0.25) is 12.0 Å². The van der Waals surface area contributed by atoms with E-state index < -0.39 is 6.10 Å². The van der Waals surface area contributed by atoms with Gasteiger partial charge in [-0.15, -0.1) is 0 Å². The first kappa shape index (κ1) is 21.0. The predicted molar refractivity (Wildman–Crippen MR) is 117 cm³/mol. The fourth-order valence-electron chi connectivity index (χ4n) is 3.64. The zero-order valence-corrected chi connectivity index (χ0v) is 17.6. The van der Waals surface area contributed by atoms with Gasteiger partial charge in [0.05, 0.1) is 19.8 Å². The number of hydrogen-bond acceptors (Lipinski definition) is 6. The predicted octanol–water partition coefficient (Wildman–Crippen LogP) is 2.15. The molecule has 0 aromatic heterocycles. The normalized spacial score (nSPS) is 17.7. The maximum absolute atomic E-state index is 12.9. The quantitative estimate of drug-likeness (QED) is 0.764. The molecule has 2 amide bonds. The molecule has 0 unspecified atom stereocenters. The van der Waals surface area contributed by atoms with Crippen molar-refractivity contribution in [3.8, 4) is 11.5 Å². The second-order valence-corrected chi connectivity index (χ2v) is 7.41. The van der Waals surface area contributed by atoms with Crippen LogP contribution in [0, 0.1) is 0 Å². The molecule has 2 heterocycles. The summed E-state index contributed by atoms with van der Waals surface area (Å²) in [5.74, 6) is 0.627. The van der Waals surface area contributed by atoms with Gasteiger partial charge in [-0.1, -0.05) is 12.1 Å². The van der Waals surface area contributed by atoms with Crippen molar-refractivity contribution in [3.63, 3.8) is 0 Å². The first-order valence-electron chi connectivity index (χ1n) is 10.5. The number of para-hydroxylation sites is 2. The van der Waals surface area contributed by atoms with Gasteiger partial charge in [0, 0.05) is 31.0 Å². The molecule has 1 atom stereocenters. The molecule has 164 valence electrons. The molecule has 1 fully saturated rings. The number of ether oxygens (including phenoxy) is 3. The van der Waals surface area contributed by atoms with Crippen LogP contribution in [-0.4, -0.2) is 68.8 Å². The van der Waals surface area contributed by atoms with Crippen molar-refractivity contribution < 1.29 is 23.8 Å². The van der Waals surface area contributed by atoms with E-state index in [1.165, 1.54) is 4.90 Å². The van der Waals surface area contributed by atoms with Crippen molar-refractivity contribution >= 4 is 23.2 Å². The summed E-state index contributed by atoms with van der Waals surface area (Å²) >= 11 is 0. The maximum atomic E-state index is 12.9. The highest BCUT2D eigenvalue weighted by molar-refractivity contribution is 5.95. The molecule has 4 rings (SSSR count). The number of hydrogen-bond donors (Lipinski definition) is 1. The van der Waals surface area contributed by atoms with E-state index >= 15 is 0 Å². The summed E-state index contributed by atoms with van der Waals surface area (Å²) in [4.78, 5) is 29.1. The Morgan fingerprint density at radius 1 is 1.06 bits per heavy atom. The minimum absolute atomic E-state index is 0.0535. The number of likely N-dealkylation sites (N-methyl/N-ethyl adjacent to an activating group) is 1. The second kappa shape index (κ2) is 9.70. The monoisotopic (exact) mass is 425 g/mol. The molecule has 8 heteroatoms. The molecular weight excluding hydrogens is 398 g/mol. The number of benzene rings is 2. The Bertz CT molecular complexity index is 912. The van der Waals surface area contributed by atoms with Crippen molar-refractivity contribution in [3.05, 3.63) is 48.5 Å². The van der Waals surface area contributed by atoms with Crippen molar-refractivity contribution in [2.45, 2.75) is 13.0 Å². The molecule has 1 N–H and O–H groups in total. The van der Waals surface area contributed by atoms with Crippen LogP contribution in [0.2, 0.25) is 0 Å². The third-order valence-electron chi connectivity index (χ3n) is 5.34. The number of fused-ring (bicyclic) bond motifs is 1. The number of rotatable bonds is 6. The summed E-state index contributed by atoms with van der Waals surface area (Å²) in [6.45, 7) is 5.46. The van der Waals surface area contributed by atoms with Gasteiger partial charge in [0.15, 0.2) is 11.5 Å². The van der Waals surface area contributed by atoms with Gasteiger partial charge in [-0.2, -0.15) is 0 Å². The highest BCUT2D eigenvalue weighted by Gasteiger charge is 2.31. The van der Waals surface area contributed by atoms with Crippen molar-refractivity contribution in [1.29, 1.82) is 0 Å². The number of amides is 2. The first-order valence-corrected chi connectivity index (χ1v) is 10.5. The van der Waals surface area contributed by atoms with Crippen LogP contribution in [0.25, 0.3) is 0 Å². The van der Waals surface area contributed by atoms with Crippen LogP contribution < -0.4 is 19.7 Å². The lowest BCUT2D eigenvalue weighted by atomic mass is 10.2. The van der Waals surface area contributed by atoms with Crippen molar-refractivity contribution in [1.82, 2.24) is 4.90 Å². The highest BCUT2D eigenvalue weighted by Crippen LogP contribution is 2.31. The van der Waals surface area contributed by atoms with Gasteiger partial charge in [-0.25, -0.2) is 0 Å². The van der Waals surface area contributed by atoms with Gasteiger partial charge < -0.3 is 29.3 Å². The van der Waals surface area contributed by atoms with Gasteiger partial charge >= 0.3 is 0 Å². The fraction of sp³-hybridized carbons (Fsp3) is 0.391. The summed E-state index contributed by atoms with van der Waals surface area (Å²) in [6, 6.07) is 14.9. The molecule has 2 aromatic carbocycles. The Morgan fingerprint density at radius 2 is 1.77 bits per heavy atom. The van der Waals surface area contributed by atoms with Gasteiger partial charge in [0.25, 0.3) is 5.91 Å². The number of carbonyl (C=O) groups excluding carboxylic acids is 2. The summed E-state index contributed by atoms with van der Waals surface area (Å²) < 4.78 is 16.8. The molecule has 0 aliphatic carbocycles. The smallest absolute Gasteiger partial charge is 0.267 e. The third kappa shape index (κ3) is 5.08. The average molecular weight is 425 g/mol. The molecular formula is C23H27N3O5. The Morgan fingerprint density at radius 3 is 2.48 bits per heavy atom. The van der Waals surface area contributed by atoms with E-state index in [9.17, 15) is 9.59 Å². The van der Waals surface area contributed by atoms with E-state index in [0.717, 1.165) is 32.0 Å². The van der Waals surface area contributed by atoms with Crippen LogP contribution in [0.3, 0.4) is 0 Å². The molecule has 0 spiro atoms. The maximum Gasteiger partial charge on any atom is 0.267 e. The Hall–Kier alpha value is -3.26. The van der Waals surface area contributed by atoms with E-state index in [4.69, 9.17) is 14.2 Å². The Kier molecular flexibility index (Phi) is 6.57. The number of morpholine rings is 1. The Labute approximate surface area is 181 Å².